The van der Waals surface area contributed by atoms with Crippen molar-refractivity contribution in [1.29, 1.82) is 5.26 Å². The van der Waals surface area contributed by atoms with Crippen LogP contribution in [0.1, 0.15) is 31.9 Å². The number of aromatic nitrogens is 3. The molecule has 0 radical (unpaired) electrons. The maximum Gasteiger partial charge on any atom is 0.216 e. The average molecular weight is 472 g/mol. The van der Waals surface area contributed by atoms with Crippen LogP contribution in [0.5, 0.6) is 0 Å². The van der Waals surface area contributed by atoms with Crippen molar-refractivity contribution in [3.8, 4) is 17.3 Å². The Labute approximate surface area is 204 Å². The fourth-order valence-corrected chi connectivity index (χ4v) is 5.18. The van der Waals surface area contributed by atoms with Gasteiger partial charge < -0.3 is 10.2 Å². The van der Waals surface area contributed by atoms with Gasteiger partial charge in [0, 0.05) is 43.8 Å². The van der Waals surface area contributed by atoms with Gasteiger partial charge in [0.25, 0.3) is 0 Å². The number of piperazine rings is 1. The first kappa shape index (κ1) is 22.4. The Bertz CT molecular complexity index is 1320. The molecule has 1 aliphatic rings. The lowest BCUT2D eigenvalue weighted by Gasteiger charge is -2.34. The lowest BCUT2D eigenvalue weighted by atomic mass is 10.1. The van der Waals surface area contributed by atoms with E-state index in [1.807, 2.05) is 40.9 Å². The third-order valence-electron chi connectivity index (χ3n) is 5.84. The third kappa shape index (κ3) is 4.76. The van der Waals surface area contributed by atoms with Gasteiger partial charge in [0.2, 0.25) is 10.1 Å². The van der Waals surface area contributed by atoms with Crippen LogP contribution in [0.2, 0.25) is 0 Å². The SMILES string of the molecule is CC(C)(C)Nc1c(-c2ccccc2)nc2sc(N3CCN(Cc4cccc(C#N)c4)CC3)nn12. The van der Waals surface area contributed by atoms with Crippen molar-refractivity contribution in [3.05, 3.63) is 65.7 Å². The average Bonchev–Trinajstić information content (AvgIpc) is 3.39. The highest BCUT2D eigenvalue weighted by Crippen LogP contribution is 2.35. The number of imidazole rings is 1. The van der Waals surface area contributed by atoms with E-state index in [2.05, 4.69) is 60.2 Å². The Hall–Kier alpha value is -3.41. The minimum atomic E-state index is -0.113. The summed E-state index contributed by atoms with van der Waals surface area (Å²) in [7, 11) is 0. The highest BCUT2D eigenvalue weighted by molar-refractivity contribution is 7.20. The highest BCUT2D eigenvalue weighted by atomic mass is 32.1. The van der Waals surface area contributed by atoms with Crippen molar-refractivity contribution in [2.24, 2.45) is 0 Å². The molecule has 34 heavy (non-hydrogen) atoms. The minimum Gasteiger partial charge on any atom is -0.364 e. The van der Waals surface area contributed by atoms with Gasteiger partial charge in [-0.2, -0.15) is 9.78 Å². The molecule has 1 fully saturated rings. The van der Waals surface area contributed by atoms with Crippen LogP contribution >= 0.6 is 11.3 Å². The van der Waals surface area contributed by atoms with E-state index in [0.29, 0.717) is 0 Å². The standard InChI is InChI=1S/C26H29N7S/c1-26(2,3)29-23-22(21-10-5-4-6-11-21)28-24-33(23)30-25(34-24)32-14-12-31(13-15-32)18-20-9-7-8-19(16-20)17-27/h4-11,16,29H,12-15,18H2,1-3H3. The van der Waals surface area contributed by atoms with Gasteiger partial charge in [-0.05, 0) is 38.5 Å². The molecule has 7 nitrogen and oxygen atoms in total. The van der Waals surface area contributed by atoms with Crippen molar-refractivity contribution >= 4 is 27.2 Å². The molecule has 2 aromatic carbocycles. The number of fused-ring (bicyclic) bond motifs is 1. The van der Waals surface area contributed by atoms with E-state index in [1.54, 1.807) is 11.3 Å². The van der Waals surface area contributed by atoms with Gasteiger partial charge in [0.05, 0.1) is 11.6 Å². The molecule has 3 heterocycles. The van der Waals surface area contributed by atoms with Crippen molar-refractivity contribution in [1.82, 2.24) is 19.5 Å². The summed E-state index contributed by atoms with van der Waals surface area (Å²) in [4.78, 5) is 10.7. The number of nitrogens with zero attached hydrogens (tertiary/aromatic N) is 6. The number of anilines is 2. The molecule has 174 valence electrons. The van der Waals surface area contributed by atoms with Gasteiger partial charge in [-0.25, -0.2) is 4.98 Å². The third-order valence-corrected chi connectivity index (χ3v) is 6.81. The van der Waals surface area contributed by atoms with Gasteiger partial charge in [-0.3, -0.25) is 4.90 Å². The normalized spacial score (nSPS) is 14.9. The first-order chi connectivity index (χ1) is 16.4. The van der Waals surface area contributed by atoms with Gasteiger partial charge >= 0.3 is 0 Å². The van der Waals surface area contributed by atoms with Crippen molar-refractivity contribution in [2.45, 2.75) is 32.9 Å². The quantitative estimate of drug-likeness (QED) is 0.448. The molecule has 1 saturated heterocycles. The molecular weight excluding hydrogens is 442 g/mol. The van der Waals surface area contributed by atoms with Gasteiger partial charge in [0.1, 0.15) is 5.69 Å². The molecule has 0 saturated carbocycles. The van der Waals surface area contributed by atoms with E-state index >= 15 is 0 Å². The number of hydrogen-bond donors (Lipinski definition) is 1. The molecule has 1 N–H and O–H groups in total. The van der Waals surface area contributed by atoms with E-state index in [-0.39, 0.29) is 5.54 Å². The summed E-state index contributed by atoms with van der Waals surface area (Å²) in [6, 6.07) is 20.4. The van der Waals surface area contributed by atoms with Crippen LogP contribution in [0.15, 0.2) is 54.6 Å². The minimum absolute atomic E-state index is 0.113. The topological polar surface area (TPSA) is 72.5 Å². The molecule has 1 aliphatic heterocycles. The predicted octanol–water partition coefficient (Wildman–Crippen LogP) is 4.86. The predicted molar refractivity (Wildman–Crippen MR) is 138 cm³/mol. The first-order valence-corrected chi connectivity index (χ1v) is 12.4. The lowest BCUT2D eigenvalue weighted by molar-refractivity contribution is 0.249. The Morgan fingerprint density at radius 2 is 1.79 bits per heavy atom. The van der Waals surface area contributed by atoms with E-state index in [9.17, 15) is 0 Å². The fourth-order valence-electron chi connectivity index (χ4n) is 4.23. The molecule has 2 aromatic heterocycles. The second-order valence-corrected chi connectivity index (χ2v) is 10.6. The summed E-state index contributed by atoms with van der Waals surface area (Å²) in [5.41, 5.74) is 3.81. The number of hydrogen-bond acceptors (Lipinski definition) is 7. The zero-order valence-corrected chi connectivity index (χ0v) is 20.6. The van der Waals surface area contributed by atoms with E-state index in [0.717, 1.165) is 65.5 Å². The number of nitrogens with one attached hydrogen (secondary N) is 1. The molecule has 0 amide bonds. The van der Waals surface area contributed by atoms with E-state index in [4.69, 9.17) is 15.3 Å². The summed E-state index contributed by atoms with van der Waals surface area (Å²) >= 11 is 1.64. The van der Waals surface area contributed by atoms with Crippen molar-refractivity contribution in [2.75, 3.05) is 36.4 Å². The van der Waals surface area contributed by atoms with E-state index < -0.39 is 0 Å². The maximum atomic E-state index is 9.15. The second-order valence-electron chi connectivity index (χ2n) is 9.70. The number of benzene rings is 2. The molecule has 0 atom stereocenters. The van der Waals surface area contributed by atoms with E-state index in [1.165, 1.54) is 5.56 Å². The molecule has 0 unspecified atom stereocenters. The maximum absolute atomic E-state index is 9.15. The molecular formula is C26H29N7S. The first-order valence-electron chi connectivity index (χ1n) is 11.6. The lowest BCUT2D eigenvalue weighted by Crippen LogP contribution is -2.46. The Morgan fingerprint density at radius 3 is 2.50 bits per heavy atom. The van der Waals surface area contributed by atoms with Crippen LogP contribution in [0.4, 0.5) is 10.9 Å². The number of rotatable bonds is 5. The van der Waals surface area contributed by atoms with Crippen molar-refractivity contribution in [3.63, 3.8) is 0 Å². The van der Waals surface area contributed by atoms with Crippen LogP contribution in [-0.2, 0) is 6.54 Å². The van der Waals surface area contributed by atoms with Crippen molar-refractivity contribution < 1.29 is 0 Å². The fraction of sp³-hybridized carbons (Fsp3) is 0.346. The number of nitriles is 1. The Kier molecular flexibility index (Phi) is 5.98. The summed E-state index contributed by atoms with van der Waals surface area (Å²) in [6.07, 6.45) is 0. The largest absolute Gasteiger partial charge is 0.364 e. The summed E-state index contributed by atoms with van der Waals surface area (Å²) < 4.78 is 1.97. The summed E-state index contributed by atoms with van der Waals surface area (Å²) in [5.74, 6) is 0.937. The smallest absolute Gasteiger partial charge is 0.216 e. The van der Waals surface area contributed by atoms with Gasteiger partial charge in [-0.15, -0.1) is 5.10 Å². The van der Waals surface area contributed by atoms with Crippen LogP contribution < -0.4 is 10.2 Å². The molecule has 8 heteroatoms. The zero-order valence-electron chi connectivity index (χ0n) is 19.8. The molecule has 0 bridgehead atoms. The van der Waals surface area contributed by atoms with Crippen LogP contribution in [0.25, 0.3) is 16.2 Å². The summed E-state index contributed by atoms with van der Waals surface area (Å²) in [6.45, 7) is 11.1. The monoisotopic (exact) mass is 471 g/mol. The Balaban J connectivity index is 1.34. The van der Waals surface area contributed by atoms with Crippen LogP contribution in [0.3, 0.4) is 0 Å². The summed E-state index contributed by atoms with van der Waals surface area (Å²) in [5, 5.41) is 18.8. The van der Waals surface area contributed by atoms with Gasteiger partial charge in [0.15, 0.2) is 5.82 Å². The zero-order chi connectivity index (χ0) is 23.7. The molecule has 0 aliphatic carbocycles. The molecule has 0 spiro atoms. The van der Waals surface area contributed by atoms with Crippen LogP contribution in [0, 0.1) is 11.3 Å². The highest BCUT2D eigenvalue weighted by Gasteiger charge is 2.25. The molecule has 4 aromatic rings. The second kappa shape index (κ2) is 9.09. The molecule has 5 rings (SSSR count). The Morgan fingerprint density at radius 1 is 1.03 bits per heavy atom. The van der Waals surface area contributed by atoms with Crippen LogP contribution in [-0.4, -0.2) is 51.2 Å². The van der Waals surface area contributed by atoms with Gasteiger partial charge in [-0.1, -0.05) is 53.8 Å².